The molecule has 0 aromatic heterocycles. The molecule has 0 saturated carbocycles. The number of halogens is 1. The Hall–Kier alpha value is -3.38. The van der Waals surface area contributed by atoms with Gasteiger partial charge >= 0.3 is 6.03 Å². The molecule has 3 aromatic rings. The maximum Gasteiger partial charge on any atom is 0.323 e. The van der Waals surface area contributed by atoms with Crippen LogP contribution in [0.25, 0.3) is 11.1 Å². The molecule has 130 valence electrons. The van der Waals surface area contributed by atoms with Crippen LogP contribution < -0.4 is 10.6 Å². The van der Waals surface area contributed by atoms with Crippen LogP contribution in [0.4, 0.5) is 21.9 Å². The molecule has 0 aliphatic heterocycles. The van der Waals surface area contributed by atoms with Crippen molar-refractivity contribution in [2.45, 2.75) is 0 Å². The van der Waals surface area contributed by atoms with Crippen molar-refractivity contribution in [1.82, 2.24) is 0 Å². The van der Waals surface area contributed by atoms with Crippen molar-refractivity contribution in [1.29, 1.82) is 0 Å². The Labute approximate surface area is 154 Å². The summed E-state index contributed by atoms with van der Waals surface area (Å²) in [4.78, 5) is 22.8. The second-order valence-corrected chi connectivity index (χ2v) is 5.88. The lowest BCUT2D eigenvalue weighted by atomic mass is 10.0. The zero-order valence-electron chi connectivity index (χ0n) is 13.5. The van der Waals surface area contributed by atoms with E-state index in [9.17, 15) is 14.9 Å². The molecular weight excluding hydrogens is 354 g/mol. The van der Waals surface area contributed by atoms with E-state index in [4.69, 9.17) is 11.6 Å². The van der Waals surface area contributed by atoms with Crippen molar-refractivity contribution in [2.75, 3.05) is 10.6 Å². The second-order valence-electron chi connectivity index (χ2n) is 5.44. The van der Waals surface area contributed by atoms with Gasteiger partial charge in [0.1, 0.15) is 0 Å². The van der Waals surface area contributed by atoms with Crippen molar-refractivity contribution < 1.29 is 9.72 Å². The summed E-state index contributed by atoms with van der Waals surface area (Å²) in [6, 6.07) is 19.7. The van der Waals surface area contributed by atoms with Crippen LogP contribution in [0, 0.1) is 10.1 Å². The van der Waals surface area contributed by atoms with Crippen molar-refractivity contribution in [3.8, 4) is 11.1 Å². The molecule has 6 nitrogen and oxygen atoms in total. The van der Waals surface area contributed by atoms with E-state index >= 15 is 0 Å². The van der Waals surface area contributed by atoms with E-state index in [-0.39, 0.29) is 5.69 Å². The largest absolute Gasteiger partial charge is 0.323 e. The molecule has 7 heteroatoms. The highest BCUT2D eigenvalue weighted by atomic mass is 35.5. The van der Waals surface area contributed by atoms with Gasteiger partial charge in [0.2, 0.25) is 0 Å². The number of nitrogens with zero attached hydrogens (tertiary/aromatic N) is 1. The molecule has 0 unspecified atom stereocenters. The molecule has 0 saturated heterocycles. The molecule has 2 N–H and O–H groups in total. The molecule has 2 amide bonds. The summed E-state index contributed by atoms with van der Waals surface area (Å²) in [6.07, 6.45) is 0. The lowest BCUT2D eigenvalue weighted by Crippen LogP contribution is -2.19. The highest BCUT2D eigenvalue weighted by molar-refractivity contribution is 6.30. The highest BCUT2D eigenvalue weighted by Crippen LogP contribution is 2.30. The maximum atomic E-state index is 12.0. The van der Waals surface area contributed by atoms with E-state index in [2.05, 4.69) is 10.6 Å². The fourth-order valence-corrected chi connectivity index (χ4v) is 2.66. The monoisotopic (exact) mass is 367 g/mol. The molecule has 3 aromatic carbocycles. The standard InChI is InChI=1S/C19H14ClN3O3/c20-14-4-3-5-16(12-14)22-19(24)21-15-10-8-13(9-11-15)17-6-1-2-7-18(17)23(25)26/h1-12H,(H2,21,22,24). The van der Waals surface area contributed by atoms with Gasteiger partial charge in [-0.2, -0.15) is 0 Å². The first kappa shape index (κ1) is 17.4. The van der Waals surface area contributed by atoms with Gasteiger partial charge in [0.05, 0.1) is 10.5 Å². The fraction of sp³-hybridized carbons (Fsp3) is 0. The van der Waals surface area contributed by atoms with Gasteiger partial charge in [-0.25, -0.2) is 4.79 Å². The zero-order valence-corrected chi connectivity index (χ0v) is 14.2. The minimum absolute atomic E-state index is 0.0342. The first-order valence-corrected chi connectivity index (χ1v) is 8.08. The molecule has 3 rings (SSSR count). The van der Waals surface area contributed by atoms with Crippen LogP contribution in [0.2, 0.25) is 5.02 Å². The number of carbonyl (C=O) groups is 1. The van der Waals surface area contributed by atoms with Gasteiger partial charge in [-0.05, 0) is 42.0 Å². The quantitative estimate of drug-likeness (QED) is 0.467. The van der Waals surface area contributed by atoms with Gasteiger partial charge in [-0.3, -0.25) is 10.1 Å². The summed E-state index contributed by atoms with van der Waals surface area (Å²) >= 11 is 5.88. The summed E-state index contributed by atoms with van der Waals surface area (Å²) in [5.74, 6) is 0. The number of rotatable bonds is 4. The summed E-state index contributed by atoms with van der Waals surface area (Å²) < 4.78 is 0. The van der Waals surface area contributed by atoms with E-state index in [0.717, 1.165) is 0 Å². The second kappa shape index (κ2) is 7.67. The number of hydrogen-bond acceptors (Lipinski definition) is 3. The fourth-order valence-electron chi connectivity index (χ4n) is 2.47. The molecule has 0 aliphatic rings. The minimum Gasteiger partial charge on any atom is -0.308 e. The Morgan fingerprint density at radius 2 is 1.58 bits per heavy atom. The molecular formula is C19H14ClN3O3. The van der Waals surface area contributed by atoms with Crippen LogP contribution in [0.5, 0.6) is 0 Å². The van der Waals surface area contributed by atoms with Crippen LogP contribution in [-0.2, 0) is 0 Å². The summed E-state index contributed by atoms with van der Waals surface area (Å²) in [6.45, 7) is 0. The summed E-state index contributed by atoms with van der Waals surface area (Å²) in [7, 11) is 0. The van der Waals surface area contributed by atoms with Crippen molar-refractivity contribution in [2.24, 2.45) is 0 Å². The van der Waals surface area contributed by atoms with Crippen LogP contribution in [0.1, 0.15) is 0 Å². The van der Waals surface area contributed by atoms with E-state index in [1.165, 1.54) is 6.07 Å². The molecule has 0 bridgehead atoms. The molecule has 0 fully saturated rings. The third-order valence-corrected chi connectivity index (χ3v) is 3.87. The molecule has 0 spiro atoms. The Balaban J connectivity index is 1.72. The topological polar surface area (TPSA) is 84.3 Å². The average molecular weight is 368 g/mol. The Morgan fingerprint density at radius 3 is 2.27 bits per heavy atom. The molecule has 0 heterocycles. The SMILES string of the molecule is O=C(Nc1ccc(-c2ccccc2[N+](=O)[O-])cc1)Nc1cccc(Cl)c1. The van der Waals surface area contributed by atoms with Gasteiger partial charge in [-0.1, -0.05) is 41.9 Å². The lowest BCUT2D eigenvalue weighted by Gasteiger charge is -2.09. The minimum atomic E-state index is -0.417. The number of anilines is 2. The van der Waals surface area contributed by atoms with Gasteiger partial charge in [-0.15, -0.1) is 0 Å². The van der Waals surface area contributed by atoms with E-state index in [1.54, 1.807) is 66.7 Å². The van der Waals surface area contributed by atoms with Crippen LogP contribution in [0.15, 0.2) is 72.8 Å². The van der Waals surface area contributed by atoms with Gasteiger partial charge < -0.3 is 10.6 Å². The number of benzene rings is 3. The third kappa shape index (κ3) is 4.17. The van der Waals surface area contributed by atoms with Crippen LogP contribution in [0.3, 0.4) is 0 Å². The summed E-state index contributed by atoms with van der Waals surface area (Å²) in [5.41, 5.74) is 2.39. The van der Waals surface area contributed by atoms with Crippen LogP contribution >= 0.6 is 11.6 Å². The van der Waals surface area contributed by atoms with Crippen molar-refractivity contribution >= 4 is 34.7 Å². The number of para-hydroxylation sites is 1. The average Bonchev–Trinajstić information content (AvgIpc) is 2.62. The predicted octanol–water partition coefficient (Wildman–Crippen LogP) is 5.56. The van der Waals surface area contributed by atoms with E-state index < -0.39 is 11.0 Å². The Kier molecular flexibility index (Phi) is 5.15. The Bertz CT molecular complexity index is 958. The van der Waals surface area contributed by atoms with Gasteiger partial charge in [0.25, 0.3) is 5.69 Å². The van der Waals surface area contributed by atoms with Crippen molar-refractivity contribution in [3.63, 3.8) is 0 Å². The molecule has 26 heavy (non-hydrogen) atoms. The highest BCUT2D eigenvalue weighted by Gasteiger charge is 2.14. The summed E-state index contributed by atoms with van der Waals surface area (Å²) in [5, 5.41) is 17.0. The number of nitro groups is 1. The van der Waals surface area contributed by atoms with Crippen LogP contribution in [-0.4, -0.2) is 11.0 Å². The lowest BCUT2D eigenvalue weighted by molar-refractivity contribution is -0.384. The zero-order chi connectivity index (χ0) is 18.5. The number of urea groups is 1. The van der Waals surface area contributed by atoms with E-state index in [1.807, 2.05) is 0 Å². The predicted molar refractivity (Wildman–Crippen MR) is 103 cm³/mol. The number of nitro benzene ring substituents is 1. The van der Waals surface area contributed by atoms with Gasteiger partial charge in [0.15, 0.2) is 0 Å². The first-order chi connectivity index (χ1) is 12.5. The first-order valence-electron chi connectivity index (χ1n) is 7.70. The number of nitrogens with one attached hydrogen (secondary N) is 2. The maximum absolute atomic E-state index is 12.0. The number of amides is 2. The normalized spacial score (nSPS) is 10.2. The molecule has 0 radical (unpaired) electrons. The molecule has 0 atom stereocenters. The van der Waals surface area contributed by atoms with Gasteiger partial charge in [0, 0.05) is 22.5 Å². The molecule has 0 aliphatic carbocycles. The van der Waals surface area contributed by atoms with E-state index in [0.29, 0.717) is 27.5 Å². The number of hydrogen-bond donors (Lipinski definition) is 2. The smallest absolute Gasteiger partial charge is 0.308 e. The number of carbonyl (C=O) groups excluding carboxylic acids is 1. The van der Waals surface area contributed by atoms with Crippen molar-refractivity contribution in [3.05, 3.63) is 87.9 Å². The third-order valence-electron chi connectivity index (χ3n) is 3.64. The Morgan fingerprint density at radius 1 is 0.885 bits per heavy atom.